The Morgan fingerprint density at radius 1 is 0.947 bits per heavy atom. The van der Waals surface area contributed by atoms with Crippen molar-refractivity contribution in [2.45, 2.75) is 78.8 Å². The Balaban J connectivity index is 1.98. The minimum Gasteiger partial charge on any atom is -0.391 e. The van der Waals surface area contributed by atoms with Crippen LogP contribution < -0.4 is 16.0 Å². The molecular weight excluding hydrogens is 478 g/mol. The SMILES string of the molecule is CCC(C)C(NC(=O)C(CC(O)C(COCc1ccccc1)NC)C(C)C)C(=O)NCc1ccc(C)cc1. The van der Waals surface area contributed by atoms with E-state index < -0.39 is 18.1 Å². The van der Waals surface area contributed by atoms with E-state index >= 15 is 0 Å². The molecule has 2 rings (SSSR count). The molecule has 0 aliphatic rings. The summed E-state index contributed by atoms with van der Waals surface area (Å²) in [6, 6.07) is 16.9. The molecule has 7 nitrogen and oxygen atoms in total. The average molecular weight is 526 g/mol. The first kappa shape index (κ1) is 31.5. The summed E-state index contributed by atoms with van der Waals surface area (Å²) in [5, 5.41) is 20.1. The number of aryl methyl sites for hydroxylation is 1. The summed E-state index contributed by atoms with van der Waals surface area (Å²) < 4.78 is 5.83. The number of rotatable bonds is 16. The van der Waals surface area contributed by atoms with Gasteiger partial charge in [0.05, 0.1) is 25.4 Å². The van der Waals surface area contributed by atoms with E-state index in [-0.39, 0.29) is 36.1 Å². The molecule has 7 heteroatoms. The van der Waals surface area contributed by atoms with Crippen LogP contribution in [-0.2, 0) is 27.5 Å². The van der Waals surface area contributed by atoms with Crippen molar-refractivity contribution in [1.29, 1.82) is 0 Å². The zero-order valence-electron chi connectivity index (χ0n) is 23.9. The third-order valence-electron chi connectivity index (χ3n) is 7.26. The maximum absolute atomic E-state index is 13.4. The Kier molecular flexibility index (Phi) is 13.5. The normalized spacial score (nSPS) is 15.4. The van der Waals surface area contributed by atoms with Crippen LogP contribution in [0.25, 0.3) is 0 Å². The van der Waals surface area contributed by atoms with E-state index in [4.69, 9.17) is 4.74 Å². The maximum Gasteiger partial charge on any atom is 0.243 e. The standard InChI is InChI=1S/C31H47N3O4/c1-7-23(5)29(31(37)33-18-24-15-13-22(4)14-16-24)34-30(36)26(21(2)3)17-28(35)27(32-6)20-38-19-25-11-9-8-10-12-25/h8-16,21,23,26-29,32,35H,7,17-20H2,1-6H3,(H,33,37)(H,34,36). The number of aliphatic hydroxyl groups excluding tert-OH is 1. The van der Waals surface area contributed by atoms with Crippen LogP contribution in [0.5, 0.6) is 0 Å². The highest BCUT2D eigenvalue weighted by Crippen LogP contribution is 2.21. The second kappa shape index (κ2) is 16.3. The summed E-state index contributed by atoms with van der Waals surface area (Å²) in [4.78, 5) is 26.5. The van der Waals surface area contributed by atoms with E-state index in [2.05, 4.69) is 16.0 Å². The average Bonchev–Trinajstić information content (AvgIpc) is 2.91. The predicted octanol–water partition coefficient (Wildman–Crippen LogP) is 3.97. The fraction of sp³-hybridized carbons (Fsp3) is 0.548. The van der Waals surface area contributed by atoms with Crippen molar-refractivity contribution in [3.8, 4) is 0 Å². The summed E-state index contributed by atoms with van der Waals surface area (Å²) in [5.74, 6) is -0.910. The molecule has 0 heterocycles. The molecule has 0 fully saturated rings. The van der Waals surface area contributed by atoms with Crippen molar-refractivity contribution < 1.29 is 19.4 Å². The van der Waals surface area contributed by atoms with Crippen LogP contribution in [0.3, 0.4) is 0 Å². The Labute approximate surface area is 228 Å². The second-order valence-electron chi connectivity index (χ2n) is 10.6. The van der Waals surface area contributed by atoms with Crippen LogP contribution >= 0.6 is 0 Å². The molecule has 5 atom stereocenters. The molecule has 0 radical (unpaired) electrons. The fourth-order valence-corrected chi connectivity index (χ4v) is 4.34. The summed E-state index contributed by atoms with van der Waals surface area (Å²) >= 11 is 0. The zero-order chi connectivity index (χ0) is 28.1. The van der Waals surface area contributed by atoms with Crippen molar-refractivity contribution in [1.82, 2.24) is 16.0 Å². The third-order valence-corrected chi connectivity index (χ3v) is 7.26. The first-order valence-corrected chi connectivity index (χ1v) is 13.8. The molecule has 0 saturated heterocycles. The first-order chi connectivity index (χ1) is 18.2. The van der Waals surface area contributed by atoms with E-state index in [0.29, 0.717) is 19.8 Å². The van der Waals surface area contributed by atoms with Gasteiger partial charge in [0.2, 0.25) is 11.8 Å². The van der Waals surface area contributed by atoms with E-state index in [1.165, 1.54) is 0 Å². The zero-order valence-corrected chi connectivity index (χ0v) is 23.9. The number of carbonyl (C=O) groups is 2. The van der Waals surface area contributed by atoms with Crippen LogP contribution in [0, 0.1) is 24.7 Å². The third kappa shape index (κ3) is 10.2. The number of hydrogen-bond donors (Lipinski definition) is 4. The van der Waals surface area contributed by atoms with Gasteiger partial charge in [0.1, 0.15) is 6.04 Å². The van der Waals surface area contributed by atoms with Gasteiger partial charge in [0, 0.05) is 12.5 Å². The molecule has 2 aromatic carbocycles. The molecule has 210 valence electrons. The number of hydrogen-bond acceptors (Lipinski definition) is 5. The fourth-order valence-electron chi connectivity index (χ4n) is 4.34. The molecule has 0 saturated carbocycles. The highest BCUT2D eigenvalue weighted by molar-refractivity contribution is 5.88. The molecule has 5 unspecified atom stereocenters. The quantitative estimate of drug-likeness (QED) is 0.266. The number of likely N-dealkylation sites (N-methyl/N-ethyl adjacent to an activating group) is 1. The van der Waals surface area contributed by atoms with Gasteiger partial charge in [-0.25, -0.2) is 0 Å². The van der Waals surface area contributed by atoms with Gasteiger partial charge in [-0.1, -0.05) is 94.3 Å². The van der Waals surface area contributed by atoms with Crippen molar-refractivity contribution >= 4 is 11.8 Å². The van der Waals surface area contributed by atoms with Crippen molar-refractivity contribution in [2.75, 3.05) is 13.7 Å². The number of amides is 2. The maximum atomic E-state index is 13.4. The summed E-state index contributed by atoms with van der Waals surface area (Å²) in [6.07, 6.45) is 0.228. The van der Waals surface area contributed by atoms with Gasteiger partial charge in [-0.3, -0.25) is 9.59 Å². The lowest BCUT2D eigenvalue weighted by molar-refractivity contribution is -0.134. The van der Waals surface area contributed by atoms with Crippen LogP contribution in [-0.4, -0.2) is 48.8 Å². The molecule has 0 spiro atoms. The topological polar surface area (TPSA) is 99.7 Å². The summed E-state index contributed by atoms with van der Waals surface area (Å²) in [7, 11) is 1.78. The van der Waals surface area contributed by atoms with E-state index in [1.54, 1.807) is 7.05 Å². The summed E-state index contributed by atoms with van der Waals surface area (Å²) in [6.45, 7) is 11.1. The molecule has 0 aliphatic carbocycles. The Hall–Kier alpha value is -2.74. The van der Waals surface area contributed by atoms with E-state index in [1.807, 2.05) is 89.2 Å². The lowest BCUT2D eigenvalue weighted by Gasteiger charge is -2.30. The molecule has 0 aromatic heterocycles. The monoisotopic (exact) mass is 525 g/mol. The van der Waals surface area contributed by atoms with Crippen molar-refractivity contribution in [3.63, 3.8) is 0 Å². The van der Waals surface area contributed by atoms with Gasteiger partial charge < -0.3 is 25.8 Å². The smallest absolute Gasteiger partial charge is 0.243 e. The van der Waals surface area contributed by atoms with Gasteiger partial charge >= 0.3 is 0 Å². The van der Waals surface area contributed by atoms with Crippen LogP contribution in [0.1, 0.15) is 57.2 Å². The lowest BCUT2D eigenvalue weighted by Crippen LogP contribution is -2.53. The molecule has 0 aliphatic heterocycles. The number of benzene rings is 2. The van der Waals surface area contributed by atoms with Crippen LogP contribution in [0.4, 0.5) is 0 Å². The Bertz CT molecular complexity index is 965. The Morgan fingerprint density at radius 3 is 2.18 bits per heavy atom. The Morgan fingerprint density at radius 2 is 1.61 bits per heavy atom. The van der Waals surface area contributed by atoms with Crippen molar-refractivity contribution in [3.05, 3.63) is 71.3 Å². The van der Waals surface area contributed by atoms with E-state index in [9.17, 15) is 14.7 Å². The highest BCUT2D eigenvalue weighted by atomic mass is 16.5. The van der Waals surface area contributed by atoms with Gasteiger partial charge in [-0.05, 0) is 43.4 Å². The highest BCUT2D eigenvalue weighted by Gasteiger charge is 2.33. The van der Waals surface area contributed by atoms with Crippen LogP contribution in [0.15, 0.2) is 54.6 Å². The predicted molar refractivity (Wildman–Crippen MR) is 152 cm³/mol. The van der Waals surface area contributed by atoms with Gasteiger partial charge in [-0.2, -0.15) is 0 Å². The number of nitrogens with one attached hydrogen (secondary N) is 3. The molecule has 4 N–H and O–H groups in total. The summed E-state index contributed by atoms with van der Waals surface area (Å²) in [5.41, 5.74) is 3.23. The van der Waals surface area contributed by atoms with E-state index in [0.717, 1.165) is 23.1 Å². The van der Waals surface area contributed by atoms with Crippen molar-refractivity contribution in [2.24, 2.45) is 17.8 Å². The molecule has 38 heavy (non-hydrogen) atoms. The largest absolute Gasteiger partial charge is 0.391 e. The number of ether oxygens (including phenoxy) is 1. The minimum atomic E-state index is -0.786. The van der Waals surface area contributed by atoms with Gasteiger partial charge in [-0.15, -0.1) is 0 Å². The second-order valence-corrected chi connectivity index (χ2v) is 10.6. The van der Waals surface area contributed by atoms with Crippen LogP contribution in [0.2, 0.25) is 0 Å². The number of carbonyl (C=O) groups excluding carboxylic acids is 2. The first-order valence-electron chi connectivity index (χ1n) is 13.8. The number of aliphatic hydroxyl groups is 1. The van der Waals surface area contributed by atoms with Gasteiger partial charge in [0.25, 0.3) is 0 Å². The minimum absolute atomic E-state index is 0.0133. The lowest BCUT2D eigenvalue weighted by atomic mass is 9.86. The molecular formula is C31H47N3O4. The molecule has 0 bridgehead atoms. The molecule has 2 aromatic rings. The van der Waals surface area contributed by atoms with Gasteiger partial charge in [0.15, 0.2) is 0 Å². The molecule has 2 amide bonds.